The fourth-order valence-electron chi connectivity index (χ4n) is 4.22. The van der Waals surface area contributed by atoms with Crippen LogP contribution in [0.3, 0.4) is 0 Å². The van der Waals surface area contributed by atoms with E-state index in [1.807, 2.05) is 41.3 Å². The van der Waals surface area contributed by atoms with Gasteiger partial charge in [0.25, 0.3) is 0 Å². The zero-order valence-electron chi connectivity index (χ0n) is 19.0. The molecule has 0 unspecified atom stereocenters. The smallest absolute Gasteiger partial charge is 0.352 e. The topological polar surface area (TPSA) is 61.4 Å². The van der Waals surface area contributed by atoms with Gasteiger partial charge < -0.3 is 15.1 Å². The fraction of sp³-hybridized carbons (Fsp3) is 0.192. The Balaban J connectivity index is 1.23. The number of carbonyl (C=O) groups excluding carboxylic acids is 1. The molecule has 184 valence electrons. The van der Waals surface area contributed by atoms with Crippen molar-refractivity contribution in [3.05, 3.63) is 83.4 Å². The zero-order valence-corrected chi connectivity index (χ0v) is 19.7. The molecule has 0 aliphatic carbocycles. The van der Waals surface area contributed by atoms with E-state index >= 15 is 0 Å². The van der Waals surface area contributed by atoms with Gasteiger partial charge in [0, 0.05) is 31.7 Å². The number of rotatable bonds is 3. The van der Waals surface area contributed by atoms with E-state index in [0.717, 1.165) is 40.2 Å². The molecule has 1 fully saturated rings. The van der Waals surface area contributed by atoms with Crippen molar-refractivity contribution in [2.75, 3.05) is 36.4 Å². The molecule has 1 N–H and O–H groups in total. The van der Waals surface area contributed by atoms with E-state index in [1.54, 1.807) is 0 Å². The number of hydrogen-bond acceptors (Lipinski definition) is 4. The number of halogens is 4. The minimum Gasteiger partial charge on any atom is -0.352 e. The fourth-order valence-corrected chi connectivity index (χ4v) is 4.38. The lowest BCUT2D eigenvalue weighted by atomic mass is 10.0. The zero-order chi connectivity index (χ0) is 25.3. The van der Waals surface area contributed by atoms with Gasteiger partial charge in [0.15, 0.2) is 5.82 Å². The molecular weight excluding hydrogens is 491 g/mol. The highest BCUT2D eigenvalue weighted by Crippen LogP contribution is 2.34. The highest BCUT2D eigenvalue weighted by molar-refractivity contribution is 6.33. The Bertz CT molecular complexity index is 1400. The normalized spacial score (nSPS) is 14.2. The van der Waals surface area contributed by atoms with Gasteiger partial charge in [-0.15, -0.1) is 10.2 Å². The highest BCUT2D eigenvalue weighted by Gasteiger charge is 2.31. The van der Waals surface area contributed by atoms with Gasteiger partial charge >= 0.3 is 12.2 Å². The first-order valence-electron chi connectivity index (χ1n) is 11.3. The van der Waals surface area contributed by atoms with Crippen molar-refractivity contribution in [2.24, 2.45) is 0 Å². The van der Waals surface area contributed by atoms with E-state index < -0.39 is 17.8 Å². The molecule has 1 aliphatic heterocycles. The van der Waals surface area contributed by atoms with Crippen LogP contribution in [0.15, 0.2) is 72.8 Å². The largest absolute Gasteiger partial charge is 0.416 e. The average Bonchev–Trinajstić information content (AvgIpc) is 2.89. The lowest BCUT2D eigenvalue weighted by Gasteiger charge is -2.35. The summed E-state index contributed by atoms with van der Waals surface area (Å²) < 4.78 is 39.0. The number of amides is 2. The van der Waals surface area contributed by atoms with Gasteiger partial charge in [-0.05, 0) is 41.1 Å². The number of urea groups is 1. The van der Waals surface area contributed by atoms with E-state index in [4.69, 9.17) is 11.6 Å². The number of piperazine rings is 1. The van der Waals surface area contributed by atoms with Crippen molar-refractivity contribution in [1.29, 1.82) is 0 Å². The van der Waals surface area contributed by atoms with E-state index in [-0.39, 0.29) is 10.7 Å². The number of alkyl halides is 3. The maximum absolute atomic E-state index is 13.0. The molecule has 0 saturated carbocycles. The minimum atomic E-state index is -4.53. The van der Waals surface area contributed by atoms with Crippen LogP contribution in [0, 0.1) is 0 Å². The maximum Gasteiger partial charge on any atom is 0.416 e. The Morgan fingerprint density at radius 2 is 1.64 bits per heavy atom. The lowest BCUT2D eigenvalue weighted by molar-refractivity contribution is -0.137. The Morgan fingerprint density at radius 1 is 0.889 bits per heavy atom. The highest BCUT2D eigenvalue weighted by atomic mass is 35.5. The molecule has 6 nitrogen and oxygen atoms in total. The number of nitrogens with zero attached hydrogens (tertiary/aromatic N) is 4. The molecule has 4 aromatic rings. The van der Waals surface area contributed by atoms with E-state index in [9.17, 15) is 18.0 Å². The molecular formula is C26H21ClF3N5O. The van der Waals surface area contributed by atoms with E-state index in [1.165, 1.54) is 4.90 Å². The Labute approximate surface area is 210 Å². The van der Waals surface area contributed by atoms with Crippen molar-refractivity contribution < 1.29 is 18.0 Å². The van der Waals surface area contributed by atoms with Gasteiger partial charge in [0.1, 0.15) is 0 Å². The van der Waals surface area contributed by atoms with Crippen LogP contribution in [-0.4, -0.2) is 47.3 Å². The third-order valence-corrected chi connectivity index (χ3v) is 6.47. The van der Waals surface area contributed by atoms with Crippen LogP contribution in [0.25, 0.3) is 22.0 Å². The number of nitrogens with one attached hydrogen (secondary N) is 1. The van der Waals surface area contributed by atoms with Crippen molar-refractivity contribution in [3.63, 3.8) is 0 Å². The molecule has 10 heteroatoms. The van der Waals surface area contributed by atoms with Gasteiger partial charge in [-0.3, -0.25) is 0 Å². The lowest BCUT2D eigenvalue weighted by Crippen LogP contribution is -2.50. The van der Waals surface area contributed by atoms with Gasteiger partial charge in [0.2, 0.25) is 0 Å². The predicted molar refractivity (Wildman–Crippen MR) is 134 cm³/mol. The molecule has 0 atom stereocenters. The van der Waals surface area contributed by atoms with Crippen LogP contribution in [0.2, 0.25) is 5.02 Å². The van der Waals surface area contributed by atoms with Crippen LogP contribution in [-0.2, 0) is 6.18 Å². The monoisotopic (exact) mass is 511 g/mol. The molecule has 1 aromatic heterocycles. The second-order valence-electron chi connectivity index (χ2n) is 8.40. The summed E-state index contributed by atoms with van der Waals surface area (Å²) in [6.07, 6.45) is -4.53. The minimum absolute atomic E-state index is 0.0385. The van der Waals surface area contributed by atoms with Gasteiger partial charge in [-0.1, -0.05) is 54.1 Å². The number of aromatic nitrogens is 2. The summed E-state index contributed by atoms with van der Waals surface area (Å²) in [6, 6.07) is 20.3. The molecule has 3 aromatic carbocycles. The van der Waals surface area contributed by atoms with E-state index in [0.29, 0.717) is 32.0 Å². The number of anilines is 2. The second kappa shape index (κ2) is 9.66. The standard InChI is InChI=1S/C26H21ClF3N5O/c27-21-9-8-18(26(28,29)30)16-23(21)31-25(36)35-14-12-34(13-15-35)24-11-10-22(32-33-24)20-7-3-5-17-4-1-2-6-19(17)20/h1-11,16H,12-15H2,(H,31,36). The summed E-state index contributed by atoms with van der Waals surface area (Å²) in [4.78, 5) is 16.2. The van der Waals surface area contributed by atoms with Crippen molar-refractivity contribution in [3.8, 4) is 11.3 Å². The van der Waals surface area contributed by atoms with Crippen LogP contribution in [0.1, 0.15) is 5.56 Å². The van der Waals surface area contributed by atoms with Crippen LogP contribution in [0.5, 0.6) is 0 Å². The molecule has 5 rings (SSSR count). The second-order valence-corrected chi connectivity index (χ2v) is 8.81. The summed E-state index contributed by atoms with van der Waals surface area (Å²) in [5, 5.41) is 13.6. The van der Waals surface area contributed by atoms with Crippen LogP contribution < -0.4 is 10.2 Å². The van der Waals surface area contributed by atoms with Crippen molar-refractivity contribution in [1.82, 2.24) is 15.1 Å². The molecule has 0 spiro atoms. The van der Waals surface area contributed by atoms with Gasteiger partial charge in [-0.2, -0.15) is 13.2 Å². The van der Waals surface area contributed by atoms with Crippen molar-refractivity contribution in [2.45, 2.75) is 6.18 Å². The third-order valence-electron chi connectivity index (χ3n) is 6.14. The van der Waals surface area contributed by atoms with Crippen LogP contribution >= 0.6 is 11.6 Å². The summed E-state index contributed by atoms with van der Waals surface area (Å²) in [6.45, 7) is 1.75. The van der Waals surface area contributed by atoms with Gasteiger partial charge in [-0.25, -0.2) is 4.79 Å². The first-order chi connectivity index (χ1) is 17.3. The third kappa shape index (κ3) is 4.92. The summed E-state index contributed by atoms with van der Waals surface area (Å²) in [5.74, 6) is 0.694. The Kier molecular flexibility index (Phi) is 6.40. The first-order valence-corrected chi connectivity index (χ1v) is 11.7. The Hall–Kier alpha value is -3.85. The number of hydrogen-bond donors (Lipinski definition) is 1. The molecule has 2 heterocycles. The predicted octanol–water partition coefficient (Wildman–Crippen LogP) is 6.32. The SMILES string of the molecule is O=C(Nc1cc(C(F)(F)F)ccc1Cl)N1CCN(c2ccc(-c3cccc4ccccc34)nn2)CC1. The van der Waals surface area contributed by atoms with E-state index in [2.05, 4.69) is 33.7 Å². The number of benzene rings is 3. The molecule has 1 saturated heterocycles. The molecule has 1 aliphatic rings. The molecule has 36 heavy (non-hydrogen) atoms. The van der Waals surface area contributed by atoms with Gasteiger partial charge in [0.05, 0.1) is 22.0 Å². The Morgan fingerprint density at radius 3 is 2.36 bits per heavy atom. The number of fused-ring (bicyclic) bond motifs is 1. The maximum atomic E-state index is 13.0. The molecule has 2 amide bonds. The summed E-state index contributed by atoms with van der Waals surface area (Å²) in [7, 11) is 0. The number of carbonyl (C=O) groups is 1. The first kappa shape index (κ1) is 23.9. The molecule has 0 radical (unpaired) electrons. The summed E-state index contributed by atoms with van der Waals surface area (Å²) >= 11 is 6.00. The average molecular weight is 512 g/mol. The van der Waals surface area contributed by atoms with Crippen molar-refractivity contribution >= 4 is 39.9 Å². The molecule has 0 bridgehead atoms. The summed E-state index contributed by atoms with van der Waals surface area (Å²) in [5.41, 5.74) is 0.819. The quantitative estimate of drug-likeness (QED) is 0.349. The van der Waals surface area contributed by atoms with Crippen LogP contribution in [0.4, 0.5) is 29.5 Å².